The Morgan fingerprint density at radius 3 is 2.54 bits per heavy atom. The molecule has 3 heterocycles. The summed E-state index contributed by atoms with van der Waals surface area (Å²) in [7, 11) is 0. The quantitative estimate of drug-likeness (QED) is 0.673. The van der Waals surface area contributed by atoms with E-state index in [1.165, 1.54) is 4.68 Å². The highest BCUT2D eigenvalue weighted by atomic mass is 19.4. The molecular formula is C15H11F4N5. The number of hydrogen-bond donors (Lipinski definition) is 0. The first-order valence-corrected chi connectivity index (χ1v) is 7.20. The van der Waals surface area contributed by atoms with Crippen LogP contribution in [0.1, 0.15) is 35.7 Å². The molecule has 0 aliphatic carbocycles. The van der Waals surface area contributed by atoms with Crippen LogP contribution in [0.3, 0.4) is 0 Å². The molecule has 9 heteroatoms. The second-order valence-corrected chi connectivity index (χ2v) is 5.51. The predicted molar refractivity (Wildman–Crippen MR) is 75.2 cm³/mol. The molecule has 2 atom stereocenters. The molecule has 2 aromatic heterocycles. The van der Waals surface area contributed by atoms with Crippen LogP contribution in [0.5, 0.6) is 0 Å². The van der Waals surface area contributed by atoms with E-state index in [9.17, 15) is 17.6 Å². The van der Waals surface area contributed by atoms with Crippen molar-refractivity contribution >= 4 is 0 Å². The standard InChI is InChI=1S/C15H11F4N5/c16-10-6-11(9-4-2-1-3-5-9)24-13(10)21-14(22-24)23-7-12(20-8-23)15(17,18)19/h1-5,7-8,10-11H,6H2/t10-,11-/m0/s1. The second kappa shape index (κ2) is 5.15. The van der Waals surface area contributed by atoms with E-state index in [2.05, 4.69) is 15.1 Å². The second-order valence-electron chi connectivity index (χ2n) is 5.51. The first-order valence-electron chi connectivity index (χ1n) is 7.20. The Morgan fingerprint density at radius 1 is 1.12 bits per heavy atom. The molecule has 0 N–H and O–H groups in total. The molecule has 0 amide bonds. The lowest BCUT2D eigenvalue weighted by Gasteiger charge is -2.11. The third kappa shape index (κ3) is 2.36. The zero-order chi connectivity index (χ0) is 16.9. The molecule has 0 saturated heterocycles. The summed E-state index contributed by atoms with van der Waals surface area (Å²) in [5, 5.41) is 4.19. The smallest absolute Gasteiger partial charge is 0.272 e. The van der Waals surface area contributed by atoms with Crippen LogP contribution in [0, 0.1) is 0 Å². The highest BCUT2D eigenvalue weighted by Crippen LogP contribution is 2.39. The molecule has 0 bridgehead atoms. The zero-order valence-electron chi connectivity index (χ0n) is 12.2. The third-order valence-corrected chi connectivity index (χ3v) is 3.94. The van der Waals surface area contributed by atoms with Crippen LogP contribution in [-0.2, 0) is 6.18 Å². The van der Waals surface area contributed by atoms with Crippen LogP contribution in [0.15, 0.2) is 42.9 Å². The van der Waals surface area contributed by atoms with Crippen molar-refractivity contribution < 1.29 is 17.6 Å². The number of rotatable bonds is 2. The van der Waals surface area contributed by atoms with Gasteiger partial charge < -0.3 is 0 Å². The van der Waals surface area contributed by atoms with Gasteiger partial charge in [-0.1, -0.05) is 30.3 Å². The van der Waals surface area contributed by atoms with Crippen molar-refractivity contribution in [1.29, 1.82) is 0 Å². The molecule has 5 nitrogen and oxygen atoms in total. The van der Waals surface area contributed by atoms with Gasteiger partial charge in [-0.05, 0) is 5.56 Å². The molecule has 3 aromatic rings. The Hall–Kier alpha value is -2.71. The van der Waals surface area contributed by atoms with Gasteiger partial charge in [-0.2, -0.15) is 18.2 Å². The van der Waals surface area contributed by atoms with Gasteiger partial charge in [0, 0.05) is 12.6 Å². The van der Waals surface area contributed by atoms with Crippen molar-refractivity contribution in [2.75, 3.05) is 0 Å². The molecule has 0 spiro atoms. The molecule has 4 rings (SSSR count). The van der Waals surface area contributed by atoms with Gasteiger partial charge in [0.05, 0.1) is 6.04 Å². The van der Waals surface area contributed by atoms with Gasteiger partial charge in [-0.25, -0.2) is 14.1 Å². The minimum atomic E-state index is -4.55. The highest BCUT2D eigenvalue weighted by Gasteiger charge is 2.37. The lowest BCUT2D eigenvalue weighted by Crippen LogP contribution is -2.08. The average molecular weight is 337 g/mol. The fraction of sp³-hybridized carbons (Fsp3) is 0.267. The first kappa shape index (κ1) is 14.9. The summed E-state index contributed by atoms with van der Waals surface area (Å²) in [5.74, 6) is 0.0809. The third-order valence-electron chi connectivity index (χ3n) is 3.94. The summed E-state index contributed by atoms with van der Waals surface area (Å²) < 4.78 is 54.7. The molecule has 24 heavy (non-hydrogen) atoms. The summed E-state index contributed by atoms with van der Waals surface area (Å²) in [5.41, 5.74) is -0.175. The van der Waals surface area contributed by atoms with E-state index < -0.39 is 18.0 Å². The van der Waals surface area contributed by atoms with Gasteiger partial charge in [0.15, 0.2) is 17.7 Å². The number of benzene rings is 1. The number of aromatic nitrogens is 5. The fourth-order valence-corrected chi connectivity index (χ4v) is 2.81. The van der Waals surface area contributed by atoms with Crippen molar-refractivity contribution in [3.8, 4) is 5.95 Å². The van der Waals surface area contributed by atoms with E-state index in [-0.39, 0.29) is 24.2 Å². The van der Waals surface area contributed by atoms with Crippen molar-refractivity contribution in [1.82, 2.24) is 24.3 Å². The number of halogens is 4. The van der Waals surface area contributed by atoms with E-state index >= 15 is 0 Å². The van der Waals surface area contributed by atoms with E-state index in [4.69, 9.17) is 0 Å². The zero-order valence-corrected chi connectivity index (χ0v) is 12.2. The van der Waals surface area contributed by atoms with Gasteiger partial charge in [0.1, 0.15) is 6.33 Å². The fourth-order valence-electron chi connectivity index (χ4n) is 2.81. The number of imidazole rings is 1. The van der Waals surface area contributed by atoms with Crippen molar-refractivity contribution in [3.05, 3.63) is 59.9 Å². The molecule has 1 aromatic carbocycles. The van der Waals surface area contributed by atoms with Crippen molar-refractivity contribution in [3.63, 3.8) is 0 Å². The Labute approximate surface area is 133 Å². The van der Waals surface area contributed by atoms with Crippen LogP contribution in [0.2, 0.25) is 0 Å². The summed E-state index contributed by atoms with van der Waals surface area (Å²) in [4.78, 5) is 7.34. The number of nitrogens with zero attached hydrogens (tertiary/aromatic N) is 5. The topological polar surface area (TPSA) is 48.5 Å². The number of fused-ring (bicyclic) bond motifs is 1. The van der Waals surface area contributed by atoms with E-state index in [1.54, 1.807) is 0 Å². The molecule has 1 aliphatic heterocycles. The normalized spacial score (nSPS) is 20.3. The average Bonchev–Trinajstić information content (AvgIpc) is 3.23. The number of hydrogen-bond acceptors (Lipinski definition) is 3. The Balaban J connectivity index is 1.72. The van der Waals surface area contributed by atoms with E-state index in [0.29, 0.717) is 0 Å². The van der Waals surface area contributed by atoms with Crippen molar-refractivity contribution in [2.45, 2.75) is 24.8 Å². The van der Waals surface area contributed by atoms with E-state index in [0.717, 1.165) is 22.7 Å². The Morgan fingerprint density at radius 2 is 1.88 bits per heavy atom. The Bertz CT molecular complexity index is 868. The van der Waals surface area contributed by atoms with Crippen LogP contribution >= 0.6 is 0 Å². The largest absolute Gasteiger partial charge is 0.434 e. The minimum Gasteiger partial charge on any atom is -0.272 e. The summed E-state index contributed by atoms with van der Waals surface area (Å²) in [6, 6.07) is 8.90. The molecule has 0 saturated carbocycles. The lowest BCUT2D eigenvalue weighted by molar-refractivity contribution is -0.140. The van der Waals surface area contributed by atoms with Crippen LogP contribution in [-0.4, -0.2) is 24.3 Å². The van der Waals surface area contributed by atoms with Gasteiger partial charge in [-0.3, -0.25) is 4.57 Å². The Kier molecular flexibility index (Phi) is 3.19. The van der Waals surface area contributed by atoms with Gasteiger partial charge >= 0.3 is 6.18 Å². The van der Waals surface area contributed by atoms with Gasteiger partial charge in [-0.15, -0.1) is 5.10 Å². The SMILES string of the molecule is F[C@H]1C[C@@H](c2ccccc2)n2nc(-n3cnc(C(F)(F)F)c3)nc21. The molecule has 0 radical (unpaired) electrons. The number of alkyl halides is 4. The van der Waals surface area contributed by atoms with Crippen LogP contribution in [0.4, 0.5) is 17.6 Å². The maximum Gasteiger partial charge on any atom is 0.434 e. The summed E-state index contributed by atoms with van der Waals surface area (Å²) in [6.07, 6.45) is -3.91. The van der Waals surface area contributed by atoms with Gasteiger partial charge in [0.25, 0.3) is 5.95 Å². The van der Waals surface area contributed by atoms with Crippen LogP contribution in [0.25, 0.3) is 5.95 Å². The maximum absolute atomic E-state index is 14.2. The highest BCUT2D eigenvalue weighted by molar-refractivity contribution is 5.26. The predicted octanol–water partition coefficient (Wildman–Crippen LogP) is 3.49. The van der Waals surface area contributed by atoms with E-state index in [1.807, 2.05) is 30.3 Å². The molecule has 124 valence electrons. The minimum absolute atomic E-state index is 0.0312. The molecule has 0 fully saturated rings. The summed E-state index contributed by atoms with van der Waals surface area (Å²) in [6.45, 7) is 0. The summed E-state index contributed by atoms with van der Waals surface area (Å²) >= 11 is 0. The van der Waals surface area contributed by atoms with Gasteiger partial charge in [0.2, 0.25) is 0 Å². The molecular weight excluding hydrogens is 326 g/mol. The van der Waals surface area contributed by atoms with Crippen molar-refractivity contribution in [2.24, 2.45) is 0 Å². The lowest BCUT2D eigenvalue weighted by atomic mass is 10.0. The molecule has 1 aliphatic rings. The first-order chi connectivity index (χ1) is 11.4. The maximum atomic E-state index is 14.2. The molecule has 0 unspecified atom stereocenters. The monoisotopic (exact) mass is 337 g/mol. The van der Waals surface area contributed by atoms with Crippen LogP contribution < -0.4 is 0 Å².